The van der Waals surface area contributed by atoms with Crippen LogP contribution in [0.25, 0.3) is 5.52 Å². The van der Waals surface area contributed by atoms with E-state index in [0.717, 1.165) is 11.2 Å². The molecule has 0 spiro atoms. The molecule has 0 atom stereocenters. The zero-order valence-corrected chi connectivity index (χ0v) is 7.27. The summed E-state index contributed by atoms with van der Waals surface area (Å²) in [7, 11) is 0. The van der Waals surface area contributed by atoms with E-state index in [4.69, 9.17) is 0 Å². The van der Waals surface area contributed by atoms with Gasteiger partial charge < -0.3 is 0 Å². The van der Waals surface area contributed by atoms with Crippen molar-refractivity contribution in [3.05, 3.63) is 30.1 Å². The summed E-state index contributed by atoms with van der Waals surface area (Å²) in [6.45, 7) is 1.57. The Bertz CT molecular complexity index is 447. The van der Waals surface area contributed by atoms with Crippen molar-refractivity contribution < 1.29 is 4.79 Å². The lowest BCUT2D eigenvalue weighted by molar-refractivity contribution is -0.116. The van der Waals surface area contributed by atoms with Crippen LogP contribution in [0.3, 0.4) is 0 Å². The molecule has 13 heavy (non-hydrogen) atoms. The average molecular weight is 175 g/mol. The lowest BCUT2D eigenvalue weighted by atomic mass is 10.2. The van der Waals surface area contributed by atoms with Crippen molar-refractivity contribution in [3.63, 3.8) is 0 Å². The van der Waals surface area contributed by atoms with Gasteiger partial charge in [-0.1, -0.05) is 11.3 Å². The second kappa shape index (κ2) is 2.97. The Kier molecular flexibility index (Phi) is 1.81. The molecule has 66 valence electrons. The van der Waals surface area contributed by atoms with Gasteiger partial charge in [0.15, 0.2) is 0 Å². The van der Waals surface area contributed by atoms with Gasteiger partial charge in [0, 0.05) is 6.42 Å². The van der Waals surface area contributed by atoms with Gasteiger partial charge in [-0.05, 0) is 19.1 Å². The van der Waals surface area contributed by atoms with Crippen LogP contribution in [-0.4, -0.2) is 20.6 Å². The largest absolute Gasteiger partial charge is 0.300 e. The van der Waals surface area contributed by atoms with Crippen molar-refractivity contribution >= 4 is 11.3 Å². The maximum Gasteiger partial charge on any atom is 0.135 e. The molecule has 0 radical (unpaired) electrons. The molecule has 2 heterocycles. The number of carbonyl (C=O) groups is 1. The van der Waals surface area contributed by atoms with E-state index in [2.05, 4.69) is 10.3 Å². The van der Waals surface area contributed by atoms with Crippen LogP contribution in [0.2, 0.25) is 0 Å². The van der Waals surface area contributed by atoms with E-state index in [1.54, 1.807) is 17.6 Å². The van der Waals surface area contributed by atoms with E-state index in [0.29, 0.717) is 6.42 Å². The number of ketones is 1. The third kappa shape index (κ3) is 1.42. The maximum absolute atomic E-state index is 10.9. The van der Waals surface area contributed by atoms with Gasteiger partial charge in [-0.15, -0.1) is 5.10 Å². The van der Waals surface area contributed by atoms with E-state index >= 15 is 0 Å². The van der Waals surface area contributed by atoms with Gasteiger partial charge in [0.2, 0.25) is 0 Å². The van der Waals surface area contributed by atoms with Crippen LogP contribution in [0.15, 0.2) is 24.4 Å². The summed E-state index contributed by atoms with van der Waals surface area (Å²) in [5, 5.41) is 7.66. The fourth-order valence-electron chi connectivity index (χ4n) is 1.30. The van der Waals surface area contributed by atoms with E-state index in [9.17, 15) is 4.79 Å². The van der Waals surface area contributed by atoms with Crippen molar-refractivity contribution in [2.24, 2.45) is 0 Å². The third-order valence-electron chi connectivity index (χ3n) is 1.83. The number of nitrogens with zero attached hydrogens (tertiary/aromatic N) is 3. The van der Waals surface area contributed by atoms with Crippen LogP contribution in [-0.2, 0) is 11.2 Å². The van der Waals surface area contributed by atoms with Crippen LogP contribution in [0, 0.1) is 0 Å². The van der Waals surface area contributed by atoms with Gasteiger partial charge in [0.25, 0.3) is 0 Å². The fourth-order valence-corrected chi connectivity index (χ4v) is 1.30. The first-order valence-electron chi connectivity index (χ1n) is 4.05. The lowest BCUT2D eigenvalue weighted by Crippen LogP contribution is -2.03. The molecule has 0 saturated heterocycles. The molecule has 0 unspecified atom stereocenters. The monoisotopic (exact) mass is 175 g/mol. The molecule has 2 aromatic rings. The summed E-state index contributed by atoms with van der Waals surface area (Å²) in [5.74, 6) is 0.128. The van der Waals surface area contributed by atoms with Crippen LogP contribution in [0.4, 0.5) is 0 Å². The standard InChI is InChI=1S/C9H9N3O/c1-7(13)5-8-3-2-4-9-6-10-11-12(8)9/h2-4,6H,5H2,1H3. The Morgan fingerprint density at radius 1 is 1.54 bits per heavy atom. The highest BCUT2D eigenvalue weighted by molar-refractivity contribution is 5.77. The molecule has 0 amide bonds. The molecule has 0 aromatic carbocycles. The molecule has 0 fully saturated rings. The molecule has 0 aliphatic rings. The zero-order valence-electron chi connectivity index (χ0n) is 7.27. The molecule has 2 rings (SSSR count). The van der Waals surface area contributed by atoms with E-state index in [-0.39, 0.29) is 5.78 Å². The first kappa shape index (κ1) is 7.91. The van der Waals surface area contributed by atoms with Gasteiger partial charge in [-0.25, -0.2) is 4.52 Å². The SMILES string of the molecule is CC(=O)Cc1cccc2cnnn12. The molecule has 4 heteroatoms. The van der Waals surface area contributed by atoms with E-state index < -0.39 is 0 Å². The second-order valence-electron chi connectivity index (χ2n) is 2.97. The topological polar surface area (TPSA) is 47.3 Å². The number of aromatic nitrogens is 3. The number of hydrogen-bond donors (Lipinski definition) is 0. The number of carbonyl (C=O) groups excluding carboxylic acids is 1. The number of fused-ring (bicyclic) bond motifs is 1. The number of Topliss-reactive ketones (excluding diaryl/α,β-unsaturated/α-hetero) is 1. The smallest absolute Gasteiger partial charge is 0.135 e. The van der Waals surface area contributed by atoms with Crippen molar-refractivity contribution in [1.82, 2.24) is 14.8 Å². The van der Waals surface area contributed by atoms with Crippen molar-refractivity contribution in [3.8, 4) is 0 Å². The number of hydrogen-bond acceptors (Lipinski definition) is 3. The Balaban J connectivity index is 2.54. The van der Waals surface area contributed by atoms with Crippen molar-refractivity contribution in [1.29, 1.82) is 0 Å². The van der Waals surface area contributed by atoms with Gasteiger partial charge in [0.05, 0.1) is 17.4 Å². The highest BCUT2D eigenvalue weighted by Gasteiger charge is 2.03. The predicted molar refractivity (Wildman–Crippen MR) is 47.4 cm³/mol. The zero-order chi connectivity index (χ0) is 9.26. The van der Waals surface area contributed by atoms with E-state index in [1.807, 2.05) is 18.2 Å². The Morgan fingerprint density at radius 2 is 2.38 bits per heavy atom. The molecular weight excluding hydrogens is 166 g/mol. The summed E-state index contributed by atoms with van der Waals surface area (Å²) in [6.07, 6.45) is 2.07. The van der Waals surface area contributed by atoms with Crippen molar-refractivity contribution in [2.45, 2.75) is 13.3 Å². The summed E-state index contributed by atoms with van der Waals surface area (Å²) < 4.78 is 1.68. The molecule has 0 N–H and O–H groups in total. The Hall–Kier alpha value is -1.71. The van der Waals surface area contributed by atoms with Gasteiger partial charge in [-0.3, -0.25) is 4.79 Å². The quantitative estimate of drug-likeness (QED) is 0.680. The van der Waals surface area contributed by atoms with Crippen LogP contribution in [0.1, 0.15) is 12.6 Å². The summed E-state index contributed by atoms with van der Waals surface area (Å²) in [6, 6.07) is 5.68. The Labute approximate surface area is 75.2 Å². The normalized spacial score (nSPS) is 10.5. The molecule has 4 nitrogen and oxygen atoms in total. The highest BCUT2D eigenvalue weighted by atomic mass is 16.1. The average Bonchev–Trinajstić information content (AvgIpc) is 2.51. The van der Waals surface area contributed by atoms with Crippen LogP contribution >= 0.6 is 0 Å². The first-order chi connectivity index (χ1) is 6.27. The van der Waals surface area contributed by atoms with Gasteiger partial charge in [-0.2, -0.15) is 0 Å². The first-order valence-corrected chi connectivity index (χ1v) is 4.05. The van der Waals surface area contributed by atoms with Crippen LogP contribution in [0.5, 0.6) is 0 Å². The van der Waals surface area contributed by atoms with Gasteiger partial charge in [0.1, 0.15) is 5.78 Å². The second-order valence-corrected chi connectivity index (χ2v) is 2.97. The highest BCUT2D eigenvalue weighted by Crippen LogP contribution is 2.05. The molecule has 0 saturated carbocycles. The molecule has 0 bridgehead atoms. The number of pyridine rings is 1. The Morgan fingerprint density at radius 3 is 3.15 bits per heavy atom. The number of rotatable bonds is 2. The predicted octanol–water partition coefficient (Wildman–Crippen LogP) is 0.861. The van der Waals surface area contributed by atoms with E-state index in [1.165, 1.54) is 0 Å². The summed E-state index contributed by atoms with van der Waals surface area (Å²) >= 11 is 0. The maximum atomic E-state index is 10.9. The summed E-state index contributed by atoms with van der Waals surface area (Å²) in [4.78, 5) is 10.9. The fraction of sp³-hybridized carbons (Fsp3) is 0.222. The molecular formula is C9H9N3O. The van der Waals surface area contributed by atoms with Crippen molar-refractivity contribution in [2.75, 3.05) is 0 Å². The minimum Gasteiger partial charge on any atom is -0.300 e. The molecule has 0 aliphatic heterocycles. The lowest BCUT2D eigenvalue weighted by Gasteiger charge is -1.99. The minimum absolute atomic E-state index is 0.128. The molecule has 0 aliphatic carbocycles. The third-order valence-corrected chi connectivity index (χ3v) is 1.83. The van der Waals surface area contributed by atoms with Gasteiger partial charge >= 0.3 is 0 Å². The van der Waals surface area contributed by atoms with Crippen LogP contribution < -0.4 is 0 Å². The minimum atomic E-state index is 0.128. The molecule has 2 aromatic heterocycles. The summed E-state index contributed by atoms with van der Waals surface area (Å²) in [5.41, 5.74) is 1.79.